The first kappa shape index (κ1) is 21.1. The van der Waals surface area contributed by atoms with Crippen LogP contribution in [-0.2, 0) is 15.1 Å². The van der Waals surface area contributed by atoms with Crippen molar-refractivity contribution in [1.82, 2.24) is 5.32 Å². The second kappa shape index (κ2) is 8.56. The number of nitrogens with zero attached hydrogens (tertiary/aromatic N) is 1. The van der Waals surface area contributed by atoms with Gasteiger partial charge in [-0.3, -0.25) is 20.2 Å². The van der Waals surface area contributed by atoms with Gasteiger partial charge in [0.15, 0.2) is 11.3 Å². The molecule has 0 fully saturated rings. The molecule has 0 radical (unpaired) electrons. The minimum atomic E-state index is -1.39. The lowest BCUT2D eigenvalue weighted by Crippen LogP contribution is -2.46. The SMILES string of the molecule is COC(=O)[C@@]1(c2ccccc2)C=C(C(=O)c2ccccc2)[C@H](c2ccc([N+](=O)[O-])cc2)N1. The van der Waals surface area contributed by atoms with Crippen molar-refractivity contribution in [2.75, 3.05) is 7.11 Å². The Bertz CT molecular complexity index is 1190. The van der Waals surface area contributed by atoms with E-state index >= 15 is 0 Å². The van der Waals surface area contributed by atoms with Crippen LogP contribution in [-0.4, -0.2) is 23.8 Å². The van der Waals surface area contributed by atoms with Crippen molar-refractivity contribution in [3.05, 3.63) is 123 Å². The van der Waals surface area contributed by atoms with Gasteiger partial charge in [-0.2, -0.15) is 0 Å². The van der Waals surface area contributed by atoms with Gasteiger partial charge in [0, 0.05) is 23.3 Å². The molecule has 0 saturated heterocycles. The molecule has 0 bridgehead atoms. The van der Waals surface area contributed by atoms with Crippen LogP contribution in [0, 0.1) is 10.1 Å². The molecule has 3 aromatic carbocycles. The number of carbonyl (C=O) groups is 2. The number of esters is 1. The summed E-state index contributed by atoms with van der Waals surface area (Å²) in [5.41, 5.74) is 0.624. The Labute approximate surface area is 184 Å². The summed E-state index contributed by atoms with van der Waals surface area (Å²) >= 11 is 0. The highest BCUT2D eigenvalue weighted by atomic mass is 16.6. The lowest BCUT2D eigenvalue weighted by Gasteiger charge is -2.28. The monoisotopic (exact) mass is 428 g/mol. The number of Topliss-reactive ketones (excluding diaryl/α,β-unsaturated/α-hetero) is 1. The molecule has 2 atom stereocenters. The second-order valence-electron chi connectivity index (χ2n) is 7.39. The van der Waals surface area contributed by atoms with E-state index < -0.39 is 22.5 Å². The number of non-ortho nitro benzene ring substituents is 1. The largest absolute Gasteiger partial charge is 0.467 e. The van der Waals surface area contributed by atoms with Crippen molar-refractivity contribution in [2.24, 2.45) is 0 Å². The summed E-state index contributed by atoms with van der Waals surface area (Å²) in [5, 5.41) is 14.3. The van der Waals surface area contributed by atoms with Crippen molar-refractivity contribution in [3.63, 3.8) is 0 Å². The van der Waals surface area contributed by atoms with Crippen LogP contribution in [0.1, 0.15) is 27.5 Å². The summed E-state index contributed by atoms with van der Waals surface area (Å²) in [6, 6.07) is 23.0. The smallest absolute Gasteiger partial charge is 0.334 e. The predicted molar refractivity (Wildman–Crippen MR) is 118 cm³/mol. The average Bonchev–Trinajstić information content (AvgIpc) is 3.26. The first-order chi connectivity index (χ1) is 15.5. The fraction of sp³-hybridized carbons (Fsp3) is 0.120. The molecule has 0 amide bonds. The number of hydrogen-bond donors (Lipinski definition) is 1. The summed E-state index contributed by atoms with van der Waals surface area (Å²) in [7, 11) is 1.29. The number of carbonyl (C=O) groups excluding carboxylic acids is 2. The maximum atomic E-state index is 13.5. The van der Waals surface area contributed by atoms with Gasteiger partial charge in [-0.05, 0) is 17.2 Å². The highest BCUT2D eigenvalue weighted by Gasteiger charge is 2.48. The number of ketones is 1. The van der Waals surface area contributed by atoms with Gasteiger partial charge in [-0.15, -0.1) is 0 Å². The topological polar surface area (TPSA) is 98.5 Å². The predicted octanol–water partition coefficient (Wildman–Crippen LogP) is 4.12. The lowest BCUT2D eigenvalue weighted by molar-refractivity contribution is -0.384. The van der Waals surface area contributed by atoms with E-state index in [0.717, 1.165) is 0 Å². The van der Waals surface area contributed by atoms with E-state index in [9.17, 15) is 19.7 Å². The molecule has 1 aliphatic heterocycles. The summed E-state index contributed by atoms with van der Waals surface area (Å²) in [5.74, 6) is -0.811. The molecule has 7 nitrogen and oxygen atoms in total. The van der Waals surface area contributed by atoms with Crippen LogP contribution in [0.3, 0.4) is 0 Å². The van der Waals surface area contributed by atoms with Crippen LogP contribution in [0.25, 0.3) is 0 Å². The van der Waals surface area contributed by atoms with Gasteiger partial charge < -0.3 is 4.74 Å². The Morgan fingerprint density at radius 1 is 0.938 bits per heavy atom. The molecule has 0 spiro atoms. The fourth-order valence-corrected chi connectivity index (χ4v) is 3.93. The second-order valence-corrected chi connectivity index (χ2v) is 7.39. The molecule has 0 saturated carbocycles. The standard InChI is InChI=1S/C25H20N2O5/c1-32-24(29)25(19-10-6-3-7-11-19)16-21(23(28)18-8-4-2-5-9-18)22(26-25)17-12-14-20(15-13-17)27(30)31/h2-16,22,26H,1H3/t22-,25-/m0/s1. The van der Waals surface area contributed by atoms with E-state index in [0.29, 0.717) is 22.3 Å². The Morgan fingerprint density at radius 3 is 2.09 bits per heavy atom. The molecule has 0 aliphatic carbocycles. The fourth-order valence-electron chi connectivity index (χ4n) is 3.93. The summed E-state index contributed by atoms with van der Waals surface area (Å²) in [6.07, 6.45) is 1.61. The quantitative estimate of drug-likeness (QED) is 0.275. The molecule has 1 N–H and O–H groups in total. The first-order valence-electron chi connectivity index (χ1n) is 9.95. The normalized spacial score (nSPS) is 19.8. The first-order valence-corrected chi connectivity index (χ1v) is 9.95. The molecule has 160 valence electrons. The third-order valence-electron chi connectivity index (χ3n) is 5.53. The minimum Gasteiger partial charge on any atom is -0.467 e. The van der Waals surface area contributed by atoms with Crippen LogP contribution in [0.2, 0.25) is 0 Å². The molecule has 1 heterocycles. The zero-order valence-corrected chi connectivity index (χ0v) is 17.2. The number of nitro groups is 1. The highest BCUT2D eigenvalue weighted by molar-refractivity contribution is 6.11. The maximum Gasteiger partial charge on any atom is 0.334 e. The van der Waals surface area contributed by atoms with Gasteiger partial charge in [0.25, 0.3) is 5.69 Å². The molecule has 7 heteroatoms. The van der Waals surface area contributed by atoms with E-state index in [1.54, 1.807) is 66.7 Å². The number of ether oxygens (including phenoxy) is 1. The maximum absolute atomic E-state index is 13.5. The van der Waals surface area contributed by atoms with Crippen molar-refractivity contribution in [3.8, 4) is 0 Å². The Balaban J connectivity index is 1.87. The van der Waals surface area contributed by atoms with Crippen molar-refractivity contribution in [1.29, 1.82) is 0 Å². The van der Waals surface area contributed by atoms with Crippen LogP contribution < -0.4 is 5.32 Å². The van der Waals surface area contributed by atoms with Crippen LogP contribution in [0.15, 0.2) is 96.6 Å². The third kappa shape index (κ3) is 3.70. The van der Waals surface area contributed by atoms with E-state index in [-0.39, 0.29) is 11.5 Å². The molecule has 0 aromatic heterocycles. The number of rotatable bonds is 6. The van der Waals surface area contributed by atoms with Crippen molar-refractivity contribution in [2.45, 2.75) is 11.6 Å². The Hall–Kier alpha value is -4.10. The van der Waals surface area contributed by atoms with Gasteiger partial charge in [0.2, 0.25) is 0 Å². The number of benzene rings is 3. The summed E-state index contributed by atoms with van der Waals surface area (Å²) in [4.78, 5) is 37.1. The van der Waals surface area contributed by atoms with Gasteiger partial charge >= 0.3 is 5.97 Å². The van der Waals surface area contributed by atoms with E-state index in [1.807, 2.05) is 12.1 Å². The summed E-state index contributed by atoms with van der Waals surface area (Å²) in [6.45, 7) is 0. The molecule has 3 aromatic rings. The Morgan fingerprint density at radius 2 is 1.53 bits per heavy atom. The van der Waals surface area contributed by atoms with Gasteiger partial charge in [0.1, 0.15) is 0 Å². The molecule has 1 aliphatic rings. The zero-order chi connectivity index (χ0) is 22.7. The Kier molecular flexibility index (Phi) is 5.66. The van der Waals surface area contributed by atoms with Crippen LogP contribution in [0.5, 0.6) is 0 Å². The molecule has 4 rings (SSSR count). The van der Waals surface area contributed by atoms with Crippen molar-refractivity contribution < 1.29 is 19.2 Å². The number of nitro benzene ring substituents is 1. The summed E-state index contributed by atoms with van der Waals surface area (Å²) < 4.78 is 5.11. The van der Waals surface area contributed by atoms with E-state index in [1.165, 1.54) is 19.2 Å². The number of methoxy groups -OCH3 is 1. The minimum absolute atomic E-state index is 0.0612. The van der Waals surface area contributed by atoms with E-state index in [2.05, 4.69) is 5.32 Å². The van der Waals surface area contributed by atoms with Crippen molar-refractivity contribution >= 4 is 17.4 Å². The van der Waals surface area contributed by atoms with Crippen LogP contribution in [0.4, 0.5) is 5.69 Å². The number of nitrogens with one attached hydrogen (secondary N) is 1. The average molecular weight is 428 g/mol. The molecule has 32 heavy (non-hydrogen) atoms. The van der Waals surface area contributed by atoms with Gasteiger partial charge in [0.05, 0.1) is 18.1 Å². The van der Waals surface area contributed by atoms with E-state index in [4.69, 9.17) is 4.74 Å². The third-order valence-corrected chi connectivity index (χ3v) is 5.53. The van der Waals surface area contributed by atoms with Gasteiger partial charge in [-0.25, -0.2) is 4.79 Å². The lowest BCUT2D eigenvalue weighted by atomic mass is 9.89. The molecule has 0 unspecified atom stereocenters. The van der Waals surface area contributed by atoms with Gasteiger partial charge in [-0.1, -0.05) is 72.8 Å². The zero-order valence-electron chi connectivity index (χ0n) is 17.2. The number of hydrogen-bond acceptors (Lipinski definition) is 6. The highest BCUT2D eigenvalue weighted by Crippen LogP contribution is 2.41. The molecular formula is C25H20N2O5. The molecular weight excluding hydrogens is 408 g/mol. The van der Waals surface area contributed by atoms with Crippen LogP contribution >= 0.6 is 0 Å².